The van der Waals surface area contributed by atoms with Gasteiger partial charge in [-0.1, -0.05) is 37.5 Å². The summed E-state index contributed by atoms with van der Waals surface area (Å²) in [6.45, 7) is 2.04. The number of hydrogen-bond acceptors (Lipinski definition) is 2. The van der Waals surface area contributed by atoms with E-state index in [9.17, 15) is 0 Å². The molecule has 0 bridgehead atoms. The number of aromatic amines is 2. The highest BCUT2D eigenvalue weighted by molar-refractivity contribution is 5.85. The quantitative estimate of drug-likeness (QED) is 0.737. The van der Waals surface area contributed by atoms with Crippen molar-refractivity contribution in [1.82, 2.24) is 19.9 Å². The standard InChI is InChI=1S/C21H26N4/c1-2-6-15(7-3-1)21-20-17(16-8-4-5-9-18(16)24-20)10-13-25(21)14-19-22-11-12-23-19/h4-5,8-9,11-12,15,21,24H,1-3,6-7,10,13-14H2,(H,22,23). The van der Waals surface area contributed by atoms with Gasteiger partial charge in [-0.2, -0.15) is 0 Å². The zero-order valence-corrected chi connectivity index (χ0v) is 14.7. The fraction of sp³-hybridized carbons (Fsp3) is 0.476. The van der Waals surface area contributed by atoms with Gasteiger partial charge in [-0.05, 0) is 36.8 Å². The first-order valence-corrected chi connectivity index (χ1v) is 9.72. The van der Waals surface area contributed by atoms with E-state index in [2.05, 4.69) is 44.1 Å². The van der Waals surface area contributed by atoms with Crippen LogP contribution in [0.4, 0.5) is 0 Å². The topological polar surface area (TPSA) is 47.7 Å². The van der Waals surface area contributed by atoms with Crippen molar-refractivity contribution in [2.24, 2.45) is 5.92 Å². The molecule has 1 unspecified atom stereocenters. The van der Waals surface area contributed by atoms with Crippen LogP contribution < -0.4 is 0 Å². The highest BCUT2D eigenvalue weighted by Gasteiger charge is 2.36. The summed E-state index contributed by atoms with van der Waals surface area (Å²) in [5.41, 5.74) is 4.33. The smallest absolute Gasteiger partial charge is 0.120 e. The number of imidazole rings is 1. The summed E-state index contributed by atoms with van der Waals surface area (Å²) in [5, 5.41) is 1.43. The Morgan fingerprint density at radius 1 is 1.12 bits per heavy atom. The number of para-hydroxylation sites is 1. The molecule has 2 aliphatic rings. The maximum absolute atomic E-state index is 4.48. The number of benzene rings is 1. The van der Waals surface area contributed by atoms with Crippen molar-refractivity contribution >= 4 is 10.9 Å². The average Bonchev–Trinajstić information content (AvgIpc) is 3.29. The molecule has 1 atom stereocenters. The molecule has 1 aromatic carbocycles. The SMILES string of the molecule is c1ccc2c3c([nH]c2c1)C(C1CCCCC1)N(Cc1ncc[nH]1)CC3. The van der Waals surface area contributed by atoms with Gasteiger partial charge in [-0.25, -0.2) is 4.98 Å². The second-order valence-electron chi connectivity index (χ2n) is 7.66. The molecule has 2 aromatic heterocycles. The van der Waals surface area contributed by atoms with Crippen molar-refractivity contribution in [1.29, 1.82) is 0 Å². The van der Waals surface area contributed by atoms with Crippen molar-refractivity contribution in [2.75, 3.05) is 6.54 Å². The monoisotopic (exact) mass is 334 g/mol. The minimum absolute atomic E-state index is 0.501. The fourth-order valence-electron chi connectivity index (χ4n) is 5.06. The van der Waals surface area contributed by atoms with Crippen molar-refractivity contribution in [3.8, 4) is 0 Å². The van der Waals surface area contributed by atoms with Crippen LogP contribution in [0.5, 0.6) is 0 Å². The lowest BCUT2D eigenvalue weighted by Crippen LogP contribution is -2.39. The zero-order valence-electron chi connectivity index (χ0n) is 14.7. The van der Waals surface area contributed by atoms with Gasteiger partial charge in [0, 0.05) is 35.5 Å². The highest BCUT2D eigenvalue weighted by Crippen LogP contribution is 2.43. The summed E-state index contributed by atoms with van der Waals surface area (Å²) in [7, 11) is 0. The van der Waals surface area contributed by atoms with Crippen LogP contribution in [0.3, 0.4) is 0 Å². The Bertz CT molecular complexity index is 842. The van der Waals surface area contributed by atoms with E-state index in [0.717, 1.165) is 31.3 Å². The van der Waals surface area contributed by atoms with Crippen LogP contribution >= 0.6 is 0 Å². The molecule has 1 saturated carbocycles. The van der Waals surface area contributed by atoms with Gasteiger partial charge in [0.15, 0.2) is 0 Å². The summed E-state index contributed by atoms with van der Waals surface area (Å²) in [6, 6.07) is 9.32. The Hall–Kier alpha value is -2.07. The Morgan fingerprint density at radius 2 is 2.00 bits per heavy atom. The minimum atomic E-state index is 0.501. The molecule has 3 aromatic rings. The van der Waals surface area contributed by atoms with Crippen molar-refractivity contribution in [2.45, 2.75) is 51.1 Å². The van der Waals surface area contributed by atoms with Crippen LogP contribution in [0.15, 0.2) is 36.7 Å². The maximum atomic E-state index is 4.48. The van der Waals surface area contributed by atoms with E-state index < -0.39 is 0 Å². The second-order valence-corrected chi connectivity index (χ2v) is 7.66. The van der Waals surface area contributed by atoms with E-state index in [1.807, 2.05) is 12.4 Å². The Kier molecular flexibility index (Phi) is 3.86. The van der Waals surface area contributed by atoms with Gasteiger partial charge < -0.3 is 9.97 Å². The molecule has 3 heterocycles. The number of rotatable bonds is 3. The Morgan fingerprint density at radius 3 is 2.84 bits per heavy atom. The first-order chi connectivity index (χ1) is 12.4. The van der Waals surface area contributed by atoms with Gasteiger partial charge in [0.1, 0.15) is 5.82 Å². The van der Waals surface area contributed by atoms with Crippen molar-refractivity contribution < 1.29 is 0 Å². The van der Waals surface area contributed by atoms with Crippen LogP contribution in [-0.2, 0) is 13.0 Å². The van der Waals surface area contributed by atoms with Crippen LogP contribution in [0, 0.1) is 5.92 Å². The summed E-state index contributed by atoms with van der Waals surface area (Å²) in [4.78, 5) is 14.2. The normalized spacial score (nSPS) is 22.3. The van der Waals surface area contributed by atoms with Crippen LogP contribution in [-0.4, -0.2) is 26.4 Å². The summed E-state index contributed by atoms with van der Waals surface area (Å²) < 4.78 is 0. The molecule has 4 nitrogen and oxygen atoms in total. The molecule has 1 aliphatic heterocycles. The van der Waals surface area contributed by atoms with E-state index in [4.69, 9.17) is 0 Å². The lowest BCUT2D eigenvalue weighted by atomic mass is 9.79. The number of nitrogens with one attached hydrogen (secondary N) is 2. The molecule has 130 valence electrons. The summed E-state index contributed by atoms with van der Waals surface area (Å²) in [5.74, 6) is 1.84. The minimum Gasteiger partial charge on any atom is -0.357 e. The predicted octanol–water partition coefficient (Wildman–Crippen LogP) is 4.57. The largest absolute Gasteiger partial charge is 0.357 e. The molecule has 0 amide bonds. The third-order valence-corrected chi connectivity index (χ3v) is 6.19. The second kappa shape index (κ2) is 6.34. The summed E-state index contributed by atoms with van der Waals surface area (Å²) >= 11 is 0. The van der Waals surface area contributed by atoms with E-state index in [-0.39, 0.29) is 0 Å². The van der Waals surface area contributed by atoms with Gasteiger partial charge >= 0.3 is 0 Å². The number of H-pyrrole nitrogens is 2. The number of hydrogen-bond donors (Lipinski definition) is 2. The lowest BCUT2D eigenvalue weighted by molar-refractivity contribution is 0.0951. The number of fused-ring (bicyclic) bond motifs is 3. The molecule has 0 radical (unpaired) electrons. The van der Waals surface area contributed by atoms with Gasteiger partial charge in [0.25, 0.3) is 0 Å². The van der Waals surface area contributed by atoms with E-state index >= 15 is 0 Å². The van der Waals surface area contributed by atoms with Gasteiger partial charge in [-0.3, -0.25) is 4.90 Å². The average molecular weight is 334 g/mol. The van der Waals surface area contributed by atoms with Crippen molar-refractivity contribution in [3.05, 3.63) is 53.7 Å². The van der Waals surface area contributed by atoms with Crippen LogP contribution in [0.25, 0.3) is 10.9 Å². The molecule has 2 N–H and O–H groups in total. The van der Waals surface area contributed by atoms with E-state index in [0.29, 0.717) is 6.04 Å². The van der Waals surface area contributed by atoms with Gasteiger partial charge in [-0.15, -0.1) is 0 Å². The first-order valence-electron chi connectivity index (χ1n) is 9.72. The lowest BCUT2D eigenvalue weighted by Gasteiger charge is -2.41. The van der Waals surface area contributed by atoms with E-state index in [1.165, 1.54) is 48.7 Å². The number of aromatic nitrogens is 3. The van der Waals surface area contributed by atoms with Gasteiger partial charge in [0.05, 0.1) is 12.6 Å². The highest BCUT2D eigenvalue weighted by atomic mass is 15.2. The third kappa shape index (κ3) is 2.69. The van der Waals surface area contributed by atoms with E-state index in [1.54, 1.807) is 5.56 Å². The molecular formula is C21H26N4. The Labute approximate surface area is 148 Å². The molecular weight excluding hydrogens is 308 g/mol. The molecule has 1 aliphatic carbocycles. The molecule has 1 fully saturated rings. The zero-order chi connectivity index (χ0) is 16.6. The molecule has 4 heteroatoms. The van der Waals surface area contributed by atoms with Gasteiger partial charge in [0.2, 0.25) is 0 Å². The summed E-state index contributed by atoms with van der Waals surface area (Å²) in [6.07, 6.45) is 11.8. The predicted molar refractivity (Wildman–Crippen MR) is 100 cm³/mol. The Balaban J connectivity index is 1.56. The fourth-order valence-corrected chi connectivity index (χ4v) is 5.06. The molecule has 25 heavy (non-hydrogen) atoms. The first kappa shape index (κ1) is 15.2. The third-order valence-electron chi connectivity index (χ3n) is 6.19. The molecule has 0 saturated heterocycles. The molecule has 0 spiro atoms. The van der Waals surface area contributed by atoms with Crippen LogP contribution in [0.1, 0.15) is 55.2 Å². The maximum Gasteiger partial charge on any atom is 0.120 e. The molecule has 5 rings (SSSR count). The van der Waals surface area contributed by atoms with Crippen LogP contribution in [0.2, 0.25) is 0 Å². The number of nitrogens with zero attached hydrogens (tertiary/aromatic N) is 2. The van der Waals surface area contributed by atoms with Crippen molar-refractivity contribution in [3.63, 3.8) is 0 Å².